The van der Waals surface area contributed by atoms with E-state index >= 15 is 0 Å². The number of aliphatic carboxylic acids is 1. The molecule has 0 saturated carbocycles. The molecule has 0 unspecified atom stereocenters. The number of hydrogen-bond donors (Lipinski definition) is 1. The largest absolute Gasteiger partial charge is 0.489 e. The van der Waals surface area contributed by atoms with Gasteiger partial charge in [0.1, 0.15) is 18.1 Å². The second-order valence-electron chi connectivity index (χ2n) is 5.31. The zero-order valence-electron chi connectivity index (χ0n) is 12.4. The van der Waals surface area contributed by atoms with Crippen molar-refractivity contribution in [2.24, 2.45) is 0 Å². The molecular weight excluding hydrogens is 304 g/mol. The van der Waals surface area contributed by atoms with Gasteiger partial charge in [-0.2, -0.15) is 0 Å². The zero-order chi connectivity index (χ0) is 16.2. The van der Waals surface area contributed by atoms with Crippen LogP contribution < -0.4 is 9.47 Å². The number of benzene rings is 2. The van der Waals surface area contributed by atoms with Crippen LogP contribution in [0.4, 0.5) is 0 Å². The Balaban J connectivity index is 2.02. The minimum Gasteiger partial charge on any atom is -0.489 e. The lowest BCUT2D eigenvalue weighted by Crippen LogP contribution is -2.37. The summed E-state index contributed by atoms with van der Waals surface area (Å²) in [7, 11) is 0. The molecule has 0 fully saturated rings. The molecule has 2 aromatic carbocycles. The van der Waals surface area contributed by atoms with Crippen LogP contribution in [0.1, 0.15) is 19.4 Å². The predicted molar refractivity (Wildman–Crippen MR) is 84.6 cm³/mol. The fourth-order valence-corrected chi connectivity index (χ4v) is 1.86. The summed E-state index contributed by atoms with van der Waals surface area (Å²) in [6.45, 7) is 3.37. The van der Waals surface area contributed by atoms with E-state index in [0.29, 0.717) is 23.1 Å². The van der Waals surface area contributed by atoms with E-state index in [-0.39, 0.29) is 0 Å². The molecule has 0 aliphatic heterocycles. The predicted octanol–water partition coefficient (Wildman–Crippen LogP) is 4.16. The molecule has 1 N–H and O–H groups in total. The average Bonchev–Trinajstić information content (AvgIpc) is 2.46. The van der Waals surface area contributed by atoms with Crippen molar-refractivity contribution in [3.05, 3.63) is 59.1 Å². The fourth-order valence-electron chi connectivity index (χ4n) is 1.73. The van der Waals surface area contributed by atoms with Gasteiger partial charge in [-0.25, -0.2) is 4.79 Å². The monoisotopic (exact) mass is 320 g/mol. The Labute approximate surface area is 134 Å². The van der Waals surface area contributed by atoms with Gasteiger partial charge in [0.25, 0.3) is 0 Å². The summed E-state index contributed by atoms with van der Waals surface area (Å²) >= 11 is 5.82. The first kappa shape index (κ1) is 16.2. The third-order valence-corrected chi connectivity index (χ3v) is 3.26. The number of carboxylic acids is 1. The lowest BCUT2D eigenvalue weighted by atomic mass is 10.1. The first-order valence-corrected chi connectivity index (χ1v) is 7.14. The molecule has 0 amide bonds. The Morgan fingerprint density at radius 3 is 2.45 bits per heavy atom. The van der Waals surface area contributed by atoms with Crippen molar-refractivity contribution >= 4 is 17.6 Å². The van der Waals surface area contributed by atoms with Gasteiger partial charge >= 0.3 is 5.97 Å². The molecule has 2 aromatic rings. The van der Waals surface area contributed by atoms with Gasteiger partial charge in [-0.15, -0.1) is 0 Å². The van der Waals surface area contributed by atoms with Crippen LogP contribution in [0.3, 0.4) is 0 Å². The second kappa shape index (κ2) is 6.71. The van der Waals surface area contributed by atoms with E-state index in [1.165, 1.54) is 13.8 Å². The molecule has 4 nitrogen and oxygen atoms in total. The zero-order valence-corrected chi connectivity index (χ0v) is 13.1. The van der Waals surface area contributed by atoms with Gasteiger partial charge in [-0.05, 0) is 55.8 Å². The van der Waals surface area contributed by atoms with E-state index < -0.39 is 11.6 Å². The number of carboxylic acid groups (broad SMARTS) is 1. The number of ether oxygens (including phenoxy) is 2. The van der Waals surface area contributed by atoms with E-state index in [4.69, 9.17) is 26.2 Å². The van der Waals surface area contributed by atoms with Crippen molar-refractivity contribution < 1.29 is 19.4 Å². The molecule has 0 radical (unpaired) electrons. The SMILES string of the molecule is CC(C)(Oc1cccc(COc2ccc(Cl)cc2)c1)C(=O)O. The maximum absolute atomic E-state index is 11.1. The Bertz CT molecular complexity index is 650. The summed E-state index contributed by atoms with van der Waals surface area (Å²) in [5.41, 5.74) is -0.399. The molecule has 2 rings (SSSR count). The Morgan fingerprint density at radius 1 is 1.14 bits per heavy atom. The molecule has 0 aliphatic rings. The molecule has 0 aromatic heterocycles. The fraction of sp³-hybridized carbons (Fsp3) is 0.235. The van der Waals surface area contributed by atoms with Gasteiger partial charge < -0.3 is 14.6 Å². The Kier molecular flexibility index (Phi) is 4.93. The van der Waals surface area contributed by atoms with Crippen molar-refractivity contribution in [2.45, 2.75) is 26.1 Å². The quantitative estimate of drug-likeness (QED) is 0.868. The maximum Gasteiger partial charge on any atom is 0.347 e. The number of rotatable bonds is 6. The van der Waals surface area contributed by atoms with Crippen molar-refractivity contribution in [3.63, 3.8) is 0 Å². The number of hydrogen-bond acceptors (Lipinski definition) is 3. The van der Waals surface area contributed by atoms with Gasteiger partial charge in [0.2, 0.25) is 0 Å². The smallest absolute Gasteiger partial charge is 0.347 e. The van der Waals surface area contributed by atoms with Gasteiger partial charge in [0.05, 0.1) is 0 Å². The molecule has 22 heavy (non-hydrogen) atoms. The lowest BCUT2D eigenvalue weighted by molar-refractivity contribution is -0.152. The first-order chi connectivity index (χ1) is 10.4. The lowest BCUT2D eigenvalue weighted by Gasteiger charge is -2.21. The molecule has 0 heterocycles. The van der Waals surface area contributed by atoms with E-state index in [1.54, 1.807) is 42.5 Å². The topological polar surface area (TPSA) is 55.8 Å². The molecule has 0 spiro atoms. The van der Waals surface area contributed by atoms with Crippen molar-refractivity contribution in [3.8, 4) is 11.5 Å². The minimum absolute atomic E-state index is 0.354. The summed E-state index contributed by atoms with van der Waals surface area (Å²) in [6.07, 6.45) is 0. The maximum atomic E-state index is 11.1. The van der Waals surface area contributed by atoms with Crippen LogP contribution in [-0.2, 0) is 11.4 Å². The summed E-state index contributed by atoms with van der Waals surface area (Å²) in [6, 6.07) is 14.3. The first-order valence-electron chi connectivity index (χ1n) is 6.76. The van der Waals surface area contributed by atoms with E-state index in [2.05, 4.69) is 0 Å². The molecular formula is C17H17ClO4. The Morgan fingerprint density at radius 2 is 1.82 bits per heavy atom. The van der Waals surface area contributed by atoms with Crippen LogP contribution >= 0.6 is 11.6 Å². The third-order valence-electron chi connectivity index (χ3n) is 3.01. The average molecular weight is 321 g/mol. The molecule has 0 bridgehead atoms. The summed E-state index contributed by atoms with van der Waals surface area (Å²) in [5.74, 6) is 0.182. The summed E-state index contributed by atoms with van der Waals surface area (Å²) in [5, 5.41) is 9.74. The van der Waals surface area contributed by atoms with Crippen LogP contribution in [0.15, 0.2) is 48.5 Å². The van der Waals surface area contributed by atoms with Crippen molar-refractivity contribution in [1.82, 2.24) is 0 Å². The van der Waals surface area contributed by atoms with E-state index in [1.807, 2.05) is 6.07 Å². The molecule has 0 atom stereocenters. The molecule has 0 saturated heterocycles. The highest BCUT2D eigenvalue weighted by atomic mass is 35.5. The van der Waals surface area contributed by atoms with E-state index in [0.717, 1.165) is 5.56 Å². The summed E-state index contributed by atoms with van der Waals surface area (Å²) in [4.78, 5) is 11.1. The minimum atomic E-state index is -1.28. The van der Waals surface area contributed by atoms with Crippen LogP contribution in [0.25, 0.3) is 0 Å². The van der Waals surface area contributed by atoms with Crippen LogP contribution in [0, 0.1) is 0 Å². The van der Waals surface area contributed by atoms with E-state index in [9.17, 15) is 4.79 Å². The molecule has 0 aliphatic carbocycles. The van der Waals surface area contributed by atoms with Gasteiger partial charge in [-0.1, -0.05) is 23.7 Å². The highest BCUT2D eigenvalue weighted by Gasteiger charge is 2.29. The highest BCUT2D eigenvalue weighted by molar-refractivity contribution is 6.30. The van der Waals surface area contributed by atoms with Gasteiger partial charge in [0, 0.05) is 5.02 Å². The van der Waals surface area contributed by atoms with Crippen LogP contribution in [0.2, 0.25) is 5.02 Å². The van der Waals surface area contributed by atoms with Gasteiger partial charge in [0.15, 0.2) is 5.60 Å². The Hall–Kier alpha value is -2.20. The number of halogens is 1. The highest BCUT2D eigenvalue weighted by Crippen LogP contribution is 2.22. The van der Waals surface area contributed by atoms with Crippen molar-refractivity contribution in [1.29, 1.82) is 0 Å². The van der Waals surface area contributed by atoms with Crippen LogP contribution in [0.5, 0.6) is 11.5 Å². The van der Waals surface area contributed by atoms with Crippen molar-refractivity contribution in [2.75, 3.05) is 0 Å². The van der Waals surface area contributed by atoms with Crippen LogP contribution in [-0.4, -0.2) is 16.7 Å². The number of carbonyl (C=O) groups is 1. The normalized spacial score (nSPS) is 11.0. The standard InChI is InChI=1S/C17H17ClO4/c1-17(2,16(19)20)22-15-5-3-4-12(10-15)11-21-14-8-6-13(18)7-9-14/h3-10H,11H2,1-2H3,(H,19,20). The summed E-state index contributed by atoms with van der Waals surface area (Å²) < 4.78 is 11.1. The molecule has 116 valence electrons. The molecule has 5 heteroatoms. The third kappa shape index (κ3) is 4.40. The van der Waals surface area contributed by atoms with Gasteiger partial charge in [-0.3, -0.25) is 0 Å². The second-order valence-corrected chi connectivity index (χ2v) is 5.74.